The van der Waals surface area contributed by atoms with Gasteiger partial charge in [-0.25, -0.2) is 19.3 Å². The monoisotopic (exact) mass is 423 g/mol. The first kappa shape index (κ1) is 17.8. The van der Waals surface area contributed by atoms with Gasteiger partial charge in [-0.1, -0.05) is 13.0 Å². The van der Waals surface area contributed by atoms with Gasteiger partial charge in [-0.15, -0.1) is 11.3 Å². The van der Waals surface area contributed by atoms with E-state index >= 15 is 0 Å². The summed E-state index contributed by atoms with van der Waals surface area (Å²) in [4.78, 5) is 31.9. The molecule has 1 amide bonds. The Kier molecular flexibility index (Phi) is 3.83. The molecule has 0 spiro atoms. The van der Waals surface area contributed by atoms with Crippen molar-refractivity contribution in [3.63, 3.8) is 0 Å². The lowest BCUT2D eigenvalue weighted by Gasteiger charge is -2.36. The van der Waals surface area contributed by atoms with Crippen LogP contribution in [-0.4, -0.2) is 37.3 Å². The van der Waals surface area contributed by atoms with Crippen LogP contribution < -0.4 is 0 Å². The van der Waals surface area contributed by atoms with Crippen LogP contribution in [0.5, 0.6) is 0 Å². The molecule has 1 aliphatic heterocycles. The molecule has 9 heteroatoms. The second-order valence-electron chi connectivity index (χ2n) is 7.94. The third-order valence-electron chi connectivity index (χ3n) is 5.86. The maximum Gasteiger partial charge on any atom is 0.292 e. The minimum absolute atomic E-state index is 0.0462. The molecule has 1 saturated carbocycles. The van der Waals surface area contributed by atoms with Crippen LogP contribution in [-0.2, 0) is 0 Å². The summed E-state index contributed by atoms with van der Waals surface area (Å²) in [7, 11) is 0. The number of rotatable bonds is 3. The zero-order valence-electron chi connectivity index (χ0n) is 16.1. The molecule has 152 valence electrons. The fourth-order valence-electron chi connectivity index (χ4n) is 4.27. The second kappa shape index (κ2) is 6.46. The highest BCUT2D eigenvalue weighted by Gasteiger charge is 2.42. The van der Waals surface area contributed by atoms with Gasteiger partial charge in [-0.2, -0.15) is 0 Å². The van der Waals surface area contributed by atoms with Crippen LogP contribution >= 0.6 is 11.3 Å². The van der Waals surface area contributed by atoms with Gasteiger partial charge in [0.15, 0.2) is 6.39 Å². The van der Waals surface area contributed by atoms with E-state index in [9.17, 15) is 9.18 Å². The van der Waals surface area contributed by atoms with Crippen molar-refractivity contribution in [3.05, 3.63) is 64.6 Å². The molecule has 2 atom stereocenters. The lowest BCUT2D eigenvalue weighted by Crippen LogP contribution is -2.42. The topological polar surface area (TPSA) is 87.9 Å². The third kappa shape index (κ3) is 2.61. The van der Waals surface area contributed by atoms with Crippen LogP contribution in [0.4, 0.5) is 4.39 Å². The Morgan fingerprint density at radius 3 is 2.97 bits per heavy atom. The number of carbonyl (C=O) groups excluding carboxylic acids is 1. The van der Waals surface area contributed by atoms with Gasteiger partial charge in [0.25, 0.3) is 5.91 Å². The quantitative estimate of drug-likeness (QED) is 0.529. The van der Waals surface area contributed by atoms with Crippen LogP contribution in [0.25, 0.3) is 10.2 Å². The van der Waals surface area contributed by atoms with Crippen molar-refractivity contribution < 1.29 is 13.6 Å². The number of para-hydroxylation sites is 1. The average molecular weight is 423 g/mol. The van der Waals surface area contributed by atoms with Crippen molar-refractivity contribution in [2.45, 2.75) is 37.6 Å². The number of amides is 1. The molecule has 1 aliphatic carbocycles. The number of H-pyrrole nitrogens is 1. The van der Waals surface area contributed by atoms with Crippen LogP contribution in [0.1, 0.15) is 70.3 Å². The number of fused-ring (bicyclic) bond motifs is 2. The number of hydrogen-bond acceptors (Lipinski definition) is 6. The van der Waals surface area contributed by atoms with Gasteiger partial charge < -0.3 is 14.3 Å². The van der Waals surface area contributed by atoms with E-state index in [2.05, 4.69) is 19.9 Å². The Hall–Kier alpha value is -3.07. The first-order valence-corrected chi connectivity index (χ1v) is 10.8. The minimum atomic E-state index is -0.486. The summed E-state index contributed by atoms with van der Waals surface area (Å²) in [6, 6.07) is 4.42. The predicted octanol–water partition coefficient (Wildman–Crippen LogP) is 4.37. The normalized spacial score (nSPS) is 21.2. The molecule has 6 rings (SSSR count). The second-order valence-corrected chi connectivity index (χ2v) is 9.00. The average Bonchev–Trinajstić information content (AvgIpc) is 3.14. The highest BCUT2D eigenvalue weighted by atomic mass is 32.1. The van der Waals surface area contributed by atoms with Gasteiger partial charge in [-0.3, -0.25) is 4.79 Å². The highest BCUT2D eigenvalue weighted by molar-refractivity contribution is 7.18. The Morgan fingerprint density at radius 2 is 2.17 bits per heavy atom. The molecule has 1 fully saturated rings. The third-order valence-corrected chi connectivity index (χ3v) is 6.93. The van der Waals surface area contributed by atoms with Gasteiger partial charge in [0.1, 0.15) is 22.4 Å². The van der Waals surface area contributed by atoms with Crippen LogP contribution in [0.2, 0.25) is 0 Å². The Morgan fingerprint density at radius 1 is 1.30 bits per heavy atom. The molecule has 0 saturated heterocycles. The van der Waals surface area contributed by atoms with Crippen molar-refractivity contribution in [1.29, 1.82) is 0 Å². The lowest BCUT2D eigenvalue weighted by molar-refractivity contribution is 0.0639. The lowest BCUT2D eigenvalue weighted by atomic mass is 9.94. The molecule has 1 N–H and O–H groups in total. The van der Waals surface area contributed by atoms with Gasteiger partial charge in [0, 0.05) is 18.4 Å². The molecule has 1 aromatic carbocycles. The summed E-state index contributed by atoms with van der Waals surface area (Å²) in [5, 5.41) is 0.647. The Bertz CT molecular complexity index is 1270. The number of halogens is 1. The number of hydrogen-bond donors (Lipinski definition) is 1. The molecular weight excluding hydrogens is 405 g/mol. The summed E-state index contributed by atoms with van der Waals surface area (Å²) in [6.45, 7) is 2.50. The molecule has 30 heavy (non-hydrogen) atoms. The standard InChI is InChI=1S/C21H18FN5O2S/c1-10-7-27(21(28)19-15(11-5-6-11)25-9-29-19)18(17-14(10)23-8-24-17)20-26-16-12(22)3-2-4-13(16)30-20/h2-4,8-11,18H,5-7H2,1H3,(H,23,24)/t10-,18+/m1/s1. The number of nitrogens with one attached hydrogen (secondary N) is 1. The van der Waals surface area contributed by atoms with E-state index < -0.39 is 6.04 Å². The molecule has 3 aromatic heterocycles. The van der Waals surface area contributed by atoms with Crippen molar-refractivity contribution in [2.24, 2.45) is 0 Å². The predicted molar refractivity (Wildman–Crippen MR) is 108 cm³/mol. The van der Waals surface area contributed by atoms with E-state index in [1.54, 1.807) is 17.3 Å². The summed E-state index contributed by atoms with van der Waals surface area (Å²) in [6.07, 6.45) is 5.03. The van der Waals surface area contributed by atoms with E-state index in [1.165, 1.54) is 23.8 Å². The number of oxazole rings is 1. The summed E-state index contributed by atoms with van der Waals surface area (Å²) in [5.41, 5.74) is 2.78. The van der Waals surface area contributed by atoms with Crippen molar-refractivity contribution in [3.8, 4) is 0 Å². The maximum absolute atomic E-state index is 14.3. The molecule has 7 nitrogen and oxygen atoms in total. The van der Waals surface area contributed by atoms with E-state index in [4.69, 9.17) is 4.42 Å². The largest absolute Gasteiger partial charge is 0.438 e. The first-order valence-electron chi connectivity index (χ1n) is 9.94. The molecule has 2 aliphatic rings. The zero-order chi connectivity index (χ0) is 20.4. The van der Waals surface area contributed by atoms with Crippen molar-refractivity contribution in [1.82, 2.24) is 24.8 Å². The molecule has 0 bridgehead atoms. The van der Waals surface area contributed by atoms with E-state index in [-0.39, 0.29) is 17.6 Å². The van der Waals surface area contributed by atoms with Crippen LogP contribution in [0, 0.1) is 5.82 Å². The molecule has 4 heterocycles. The van der Waals surface area contributed by atoms with Gasteiger partial charge in [0.05, 0.1) is 28.1 Å². The first-order chi connectivity index (χ1) is 14.6. The number of thiazole rings is 1. The van der Waals surface area contributed by atoms with E-state index in [0.717, 1.165) is 34.6 Å². The molecule has 0 radical (unpaired) electrons. The minimum Gasteiger partial charge on any atom is -0.438 e. The summed E-state index contributed by atoms with van der Waals surface area (Å²) >= 11 is 1.39. The Balaban J connectivity index is 1.49. The zero-order valence-corrected chi connectivity index (χ0v) is 16.9. The fraction of sp³-hybridized carbons (Fsp3) is 0.333. The number of benzene rings is 1. The van der Waals surface area contributed by atoms with E-state index in [0.29, 0.717) is 28.7 Å². The van der Waals surface area contributed by atoms with Gasteiger partial charge >= 0.3 is 0 Å². The molecule has 0 unspecified atom stereocenters. The SMILES string of the molecule is C[C@@H]1CN(C(=O)c2ocnc2C2CC2)[C@H](c2nc3c(F)cccc3s2)c2[nH]cnc21. The Labute approximate surface area is 175 Å². The van der Waals surface area contributed by atoms with Crippen LogP contribution in [0.3, 0.4) is 0 Å². The molecular formula is C21H18FN5O2S. The maximum atomic E-state index is 14.3. The number of aromatic amines is 1. The van der Waals surface area contributed by atoms with Crippen LogP contribution in [0.15, 0.2) is 35.3 Å². The number of carbonyl (C=O) groups is 1. The number of aromatic nitrogens is 4. The summed E-state index contributed by atoms with van der Waals surface area (Å²) < 4.78 is 20.6. The van der Waals surface area contributed by atoms with Gasteiger partial charge in [0.2, 0.25) is 5.76 Å². The number of imidazole rings is 1. The highest BCUT2D eigenvalue weighted by Crippen LogP contribution is 2.44. The van der Waals surface area contributed by atoms with Crippen molar-refractivity contribution in [2.75, 3.05) is 6.54 Å². The molecule has 4 aromatic rings. The van der Waals surface area contributed by atoms with E-state index in [1.807, 2.05) is 13.0 Å². The van der Waals surface area contributed by atoms with Gasteiger partial charge in [-0.05, 0) is 25.0 Å². The summed E-state index contributed by atoms with van der Waals surface area (Å²) in [5.74, 6) is 0.0526. The fourth-order valence-corrected chi connectivity index (χ4v) is 5.37. The smallest absolute Gasteiger partial charge is 0.292 e. The van der Waals surface area contributed by atoms with Crippen molar-refractivity contribution >= 4 is 27.5 Å². The number of nitrogens with zero attached hydrogens (tertiary/aromatic N) is 4.